The third kappa shape index (κ3) is 4.60. The maximum absolute atomic E-state index is 12.7. The van der Waals surface area contributed by atoms with Crippen LogP contribution >= 0.6 is 0 Å². The molecule has 1 amide bonds. The molecule has 0 spiro atoms. The Morgan fingerprint density at radius 2 is 1.69 bits per heavy atom. The monoisotopic (exact) mass is 411 g/mol. The SMILES string of the molecule is CCc1c(C(=O)NS(=O)(=O)c2ccc(C(C)=O)cc2)cnn1Cc1ccccc1. The number of hydrogen-bond donors (Lipinski definition) is 1. The first-order valence-corrected chi connectivity index (χ1v) is 10.6. The Hall–Kier alpha value is -3.26. The van der Waals surface area contributed by atoms with E-state index in [9.17, 15) is 18.0 Å². The summed E-state index contributed by atoms with van der Waals surface area (Å²) >= 11 is 0. The number of rotatable bonds is 7. The Morgan fingerprint density at radius 3 is 2.28 bits per heavy atom. The molecule has 0 atom stereocenters. The van der Waals surface area contributed by atoms with Gasteiger partial charge >= 0.3 is 0 Å². The number of nitrogens with zero attached hydrogens (tertiary/aromatic N) is 2. The number of ketones is 1. The standard InChI is InChI=1S/C21H21N3O4S/c1-3-20-19(13-22-24(20)14-16-7-5-4-6-8-16)21(26)23-29(27,28)18-11-9-17(10-12-18)15(2)25/h4-13H,3,14H2,1-2H3,(H,23,26). The van der Waals surface area contributed by atoms with Crippen molar-refractivity contribution < 1.29 is 18.0 Å². The van der Waals surface area contributed by atoms with Crippen molar-refractivity contribution in [3.63, 3.8) is 0 Å². The smallest absolute Gasteiger partial charge is 0.268 e. The van der Waals surface area contributed by atoms with Gasteiger partial charge in [0, 0.05) is 5.56 Å². The highest BCUT2D eigenvalue weighted by Gasteiger charge is 2.23. The lowest BCUT2D eigenvalue weighted by Gasteiger charge is -2.09. The lowest BCUT2D eigenvalue weighted by atomic mass is 10.2. The molecular weight excluding hydrogens is 390 g/mol. The van der Waals surface area contributed by atoms with Crippen LogP contribution in [0.1, 0.15) is 45.8 Å². The molecule has 0 aliphatic carbocycles. The zero-order chi connectivity index (χ0) is 21.0. The average Bonchev–Trinajstić information content (AvgIpc) is 3.11. The average molecular weight is 411 g/mol. The van der Waals surface area contributed by atoms with Crippen LogP contribution in [0, 0.1) is 0 Å². The summed E-state index contributed by atoms with van der Waals surface area (Å²) in [7, 11) is -4.07. The summed E-state index contributed by atoms with van der Waals surface area (Å²) in [4.78, 5) is 23.9. The van der Waals surface area contributed by atoms with Gasteiger partial charge < -0.3 is 0 Å². The molecule has 0 radical (unpaired) electrons. The van der Waals surface area contributed by atoms with Gasteiger partial charge in [-0.3, -0.25) is 14.3 Å². The number of hydrogen-bond acceptors (Lipinski definition) is 5. The molecule has 0 aliphatic heterocycles. The van der Waals surface area contributed by atoms with Crippen molar-refractivity contribution in [1.82, 2.24) is 14.5 Å². The molecule has 1 heterocycles. The number of benzene rings is 2. The fourth-order valence-electron chi connectivity index (χ4n) is 2.97. The minimum atomic E-state index is -4.07. The maximum atomic E-state index is 12.7. The van der Waals surface area contributed by atoms with Gasteiger partial charge in [-0.1, -0.05) is 49.4 Å². The van der Waals surface area contributed by atoms with Crippen molar-refractivity contribution in [1.29, 1.82) is 0 Å². The first-order valence-electron chi connectivity index (χ1n) is 9.08. The summed E-state index contributed by atoms with van der Waals surface area (Å²) in [6.07, 6.45) is 1.90. The second-order valence-corrected chi connectivity index (χ2v) is 8.20. The number of aromatic nitrogens is 2. The molecule has 0 fully saturated rings. The number of Topliss-reactive ketones (excluding diaryl/α,β-unsaturated/α-hetero) is 1. The second-order valence-electron chi connectivity index (χ2n) is 6.52. The molecule has 7 nitrogen and oxygen atoms in total. The van der Waals surface area contributed by atoms with Crippen molar-refractivity contribution >= 4 is 21.7 Å². The molecule has 0 unspecified atom stereocenters. The van der Waals surface area contributed by atoms with Gasteiger partial charge in [-0.2, -0.15) is 5.10 Å². The highest BCUT2D eigenvalue weighted by molar-refractivity contribution is 7.90. The van der Waals surface area contributed by atoms with E-state index >= 15 is 0 Å². The molecule has 150 valence electrons. The Bertz CT molecular complexity index is 1130. The van der Waals surface area contributed by atoms with Gasteiger partial charge in [0.15, 0.2) is 5.78 Å². The van der Waals surface area contributed by atoms with Crippen molar-refractivity contribution in [2.45, 2.75) is 31.7 Å². The van der Waals surface area contributed by atoms with E-state index in [2.05, 4.69) is 9.82 Å². The van der Waals surface area contributed by atoms with Gasteiger partial charge in [0.2, 0.25) is 0 Å². The van der Waals surface area contributed by atoms with Crippen LogP contribution in [0.5, 0.6) is 0 Å². The highest BCUT2D eigenvalue weighted by atomic mass is 32.2. The fourth-order valence-corrected chi connectivity index (χ4v) is 3.94. The normalized spacial score (nSPS) is 11.2. The molecule has 2 aromatic carbocycles. The molecule has 3 rings (SSSR count). The Kier molecular flexibility index (Phi) is 5.93. The molecule has 0 saturated carbocycles. The summed E-state index contributed by atoms with van der Waals surface area (Å²) in [6, 6.07) is 15.1. The fraction of sp³-hybridized carbons (Fsp3) is 0.190. The van der Waals surface area contributed by atoms with E-state index < -0.39 is 15.9 Å². The predicted octanol–water partition coefficient (Wildman–Crippen LogP) is 2.82. The van der Waals surface area contributed by atoms with E-state index in [0.29, 0.717) is 24.2 Å². The highest BCUT2D eigenvalue weighted by Crippen LogP contribution is 2.15. The lowest BCUT2D eigenvalue weighted by Crippen LogP contribution is -2.31. The quantitative estimate of drug-likeness (QED) is 0.603. The minimum Gasteiger partial charge on any atom is -0.295 e. The summed E-state index contributed by atoms with van der Waals surface area (Å²) in [5.74, 6) is -0.909. The molecule has 0 bridgehead atoms. The van der Waals surface area contributed by atoms with Crippen molar-refractivity contribution in [3.8, 4) is 0 Å². The molecule has 8 heteroatoms. The van der Waals surface area contributed by atoms with Crippen LogP contribution < -0.4 is 4.72 Å². The largest absolute Gasteiger partial charge is 0.295 e. The Balaban J connectivity index is 1.82. The van der Waals surface area contributed by atoms with E-state index in [1.54, 1.807) is 4.68 Å². The van der Waals surface area contributed by atoms with Crippen LogP contribution in [0.2, 0.25) is 0 Å². The van der Waals surface area contributed by atoms with Crippen molar-refractivity contribution in [2.24, 2.45) is 0 Å². The van der Waals surface area contributed by atoms with Crippen LogP contribution in [0.3, 0.4) is 0 Å². The van der Waals surface area contributed by atoms with Crippen molar-refractivity contribution in [2.75, 3.05) is 0 Å². The molecule has 0 saturated heterocycles. The molecule has 1 N–H and O–H groups in total. The number of carbonyl (C=O) groups excluding carboxylic acids is 2. The summed E-state index contributed by atoms with van der Waals surface area (Å²) in [5.41, 5.74) is 2.28. The van der Waals surface area contributed by atoms with Crippen LogP contribution in [0.15, 0.2) is 65.7 Å². The van der Waals surface area contributed by atoms with Crippen molar-refractivity contribution in [3.05, 3.63) is 83.2 Å². The van der Waals surface area contributed by atoms with Gasteiger partial charge in [0.25, 0.3) is 15.9 Å². The van der Waals surface area contributed by atoms with Crippen LogP contribution in [0.4, 0.5) is 0 Å². The minimum absolute atomic E-state index is 0.0921. The maximum Gasteiger partial charge on any atom is 0.268 e. The summed E-state index contributed by atoms with van der Waals surface area (Å²) < 4.78 is 28.9. The van der Waals surface area contributed by atoms with E-state index in [-0.39, 0.29) is 16.2 Å². The zero-order valence-corrected chi connectivity index (χ0v) is 16.9. The first-order chi connectivity index (χ1) is 13.8. The topological polar surface area (TPSA) is 98.1 Å². The Morgan fingerprint density at radius 1 is 1.03 bits per heavy atom. The lowest BCUT2D eigenvalue weighted by molar-refractivity contribution is 0.0978. The van der Waals surface area contributed by atoms with Gasteiger partial charge in [0.05, 0.1) is 28.9 Å². The second kappa shape index (κ2) is 8.40. The zero-order valence-electron chi connectivity index (χ0n) is 16.1. The third-order valence-electron chi connectivity index (χ3n) is 4.50. The third-order valence-corrected chi connectivity index (χ3v) is 5.85. The number of amides is 1. The van der Waals surface area contributed by atoms with Crippen LogP contribution in [-0.2, 0) is 23.0 Å². The number of carbonyl (C=O) groups is 2. The van der Waals surface area contributed by atoms with E-state index in [1.165, 1.54) is 37.4 Å². The molecule has 1 aromatic heterocycles. The number of sulfonamides is 1. The van der Waals surface area contributed by atoms with E-state index in [1.807, 2.05) is 37.3 Å². The Labute approximate surface area is 169 Å². The first kappa shape index (κ1) is 20.5. The molecule has 0 aliphatic rings. The van der Waals surface area contributed by atoms with E-state index in [4.69, 9.17) is 0 Å². The van der Waals surface area contributed by atoms with Gasteiger partial charge in [-0.25, -0.2) is 13.1 Å². The summed E-state index contributed by atoms with van der Waals surface area (Å²) in [6.45, 7) is 3.76. The van der Waals surface area contributed by atoms with Crippen LogP contribution in [-0.4, -0.2) is 29.9 Å². The molecule has 29 heavy (non-hydrogen) atoms. The van der Waals surface area contributed by atoms with Gasteiger partial charge in [-0.15, -0.1) is 0 Å². The van der Waals surface area contributed by atoms with Gasteiger partial charge in [0.1, 0.15) is 0 Å². The van der Waals surface area contributed by atoms with Crippen LogP contribution in [0.25, 0.3) is 0 Å². The van der Waals surface area contributed by atoms with E-state index in [0.717, 1.165) is 5.56 Å². The number of nitrogens with one attached hydrogen (secondary N) is 1. The summed E-state index contributed by atoms with van der Waals surface area (Å²) in [5, 5.41) is 4.26. The molecular formula is C21H21N3O4S. The predicted molar refractivity (Wildman–Crippen MR) is 108 cm³/mol. The molecule has 3 aromatic rings. The van der Waals surface area contributed by atoms with Gasteiger partial charge in [-0.05, 0) is 31.0 Å².